The Hall–Kier alpha value is -6.00. The Morgan fingerprint density at radius 3 is 2.29 bits per heavy atom. The Labute approximate surface area is 337 Å². The summed E-state index contributed by atoms with van der Waals surface area (Å²) in [5.74, 6) is -1.09. The number of nitrogens with one attached hydrogen (secondary N) is 1. The number of nitrogens with zero attached hydrogens (tertiary/aromatic N) is 7. The van der Waals surface area contributed by atoms with Crippen molar-refractivity contribution in [1.82, 2.24) is 19.7 Å². The third-order valence-corrected chi connectivity index (χ3v) is 13.3. The molecule has 4 amide bonds. The van der Waals surface area contributed by atoms with Crippen LogP contribution in [0.25, 0.3) is 10.9 Å². The number of carbonyl (C=O) groups is 4. The summed E-state index contributed by atoms with van der Waals surface area (Å²) >= 11 is 0. The first-order valence-corrected chi connectivity index (χ1v) is 20.5. The van der Waals surface area contributed by atoms with Crippen LogP contribution in [0.2, 0.25) is 0 Å². The van der Waals surface area contributed by atoms with Crippen LogP contribution in [0.4, 0.5) is 22.7 Å². The zero-order valence-electron chi connectivity index (χ0n) is 33.3. The number of nitriles is 1. The predicted octanol–water partition coefficient (Wildman–Crippen LogP) is 4.80. The molecule has 9 rings (SSSR count). The monoisotopic (exact) mass is 780 g/mol. The second-order valence-electron chi connectivity index (χ2n) is 16.7. The molecule has 3 aromatic carbocycles. The van der Waals surface area contributed by atoms with E-state index in [9.17, 15) is 29.2 Å². The van der Waals surface area contributed by atoms with Crippen LogP contribution in [0.15, 0.2) is 59.4 Å². The van der Waals surface area contributed by atoms with E-state index in [-0.39, 0.29) is 24.3 Å². The lowest BCUT2D eigenvalue weighted by atomic mass is 9.87. The van der Waals surface area contributed by atoms with Crippen molar-refractivity contribution in [3.05, 3.63) is 92.8 Å². The van der Waals surface area contributed by atoms with Crippen molar-refractivity contribution in [3.8, 4) is 6.07 Å². The molecule has 0 radical (unpaired) electrons. The number of carbonyl (C=O) groups excluding carboxylic acids is 4. The minimum Gasteiger partial charge on any atom is -0.371 e. The summed E-state index contributed by atoms with van der Waals surface area (Å²) in [6.45, 7) is 7.96. The van der Waals surface area contributed by atoms with Gasteiger partial charge in [0, 0.05) is 64.2 Å². The zero-order chi connectivity index (χ0) is 40.4. The highest BCUT2D eigenvalue weighted by molar-refractivity contribution is 6.25. The van der Waals surface area contributed by atoms with Gasteiger partial charge in [-0.1, -0.05) is 6.07 Å². The number of piperidine rings is 3. The molecule has 0 saturated carbocycles. The third kappa shape index (κ3) is 6.40. The predicted molar refractivity (Wildman–Crippen MR) is 222 cm³/mol. The largest absolute Gasteiger partial charge is 0.371 e. The molecule has 298 valence electrons. The summed E-state index contributed by atoms with van der Waals surface area (Å²) in [6.07, 6.45) is 4.17. The van der Waals surface area contributed by atoms with Crippen LogP contribution in [-0.2, 0) is 16.6 Å². The number of fused-ring (bicyclic) bond motifs is 3. The third-order valence-electron chi connectivity index (χ3n) is 13.3. The lowest BCUT2D eigenvalue weighted by molar-refractivity contribution is -0.136. The van der Waals surface area contributed by atoms with Gasteiger partial charge in [0.25, 0.3) is 17.4 Å². The fourth-order valence-electron chi connectivity index (χ4n) is 9.98. The molecule has 13 heteroatoms. The molecule has 5 aliphatic rings. The second-order valence-corrected chi connectivity index (χ2v) is 16.7. The van der Waals surface area contributed by atoms with Gasteiger partial charge in [0.1, 0.15) is 6.04 Å². The number of imide groups is 2. The van der Waals surface area contributed by atoms with Crippen molar-refractivity contribution in [2.75, 3.05) is 67.6 Å². The number of hydrogen-bond donors (Lipinski definition) is 1. The normalized spacial score (nSPS) is 20.8. The van der Waals surface area contributed by atoms with E-state index in [2.05, 4.69) is 50.2 Å². The fourth-order valence-corrected chi connectivity index (χ4v) is 9.98. The van der Waals surface area contributed by atoms with E-state index in [1.165, 1.54) is 5.56 Å². The number of likely N-dealkylation sites (tertiary alicyclic amines) is 1. The van der Waals surface area contributed by atoms with E-state index >= 15 is 0 Å². The molecule has 4 aromatic rings. The molecule has 1 unspecified atom stereocenters. The maximum atomic E-state index is 13.7. The van der Waals surface area contributed by atoms with E-state index in [1.807, 2.05) is 44.3 Å². The topological polar surface area (TPSA) is 142 Å². The van der Waals surface area contributed by atoms with Crippen LogP contribution in [0.3, 0.4) is 0 Å². The molecule has 13 nitrogen and oxygen atoms in total. The van der Waals surface area contributed by atoms with E-state index in [4.69, 9.17) is 0 Å². The van der Waals surface area contributed by atoms with Gasteiger partial charge in [0.15, 0.2) is 0 Å². The molecule has 58 heavy (non-hydrogen) atoms. The Balaban J connectivity index is 0.882. The van der Waals surface area contributed by atoms with Gasteiger partial charge in [0.2, 0.25) is 11.8 Å². The van der Waals surface area contributed by atoms with Crippen molar-refractivity contribution < 1.29 is 19.2 Å². The number of aromatic nitrogens is 1. The van der Waals surface area contributed by atoms with Crippen molar-refractivity contribution in [1.29, 1.82) is 5.26 Å². The van der Waals surface area contributed by atoms with Gasteiger partial charge in [-0.3, -0.25) is 34.2 Å². The van der Waals surface area contributed by atoms with E-state index in [0.717, 1.165) is 110 Å². The molecule has 0 bridgehead atoms. The first-order chi connectivity index (χ1) is 28.0. The minimum absolute atomic E-state index is 0.00736. The van der Waals surface area contributed by atoms with Gasteiger partial charge in [0.05, 0.1) is 51.0 Å². The van der Waals surface area contributed by atoms with E-state index < -0.39 is 23.8 Å². The SMILES string of the molecule is Cc1cc2c(N3CCN(C)c4ccc(C#N)cc43)cc(C3CCN(CC4CCN(c5cccc6c5C(=O)N(C5CCC(=O)NC5=O)C6=O)CC4)CC3)cc2n(C)c1=O. The zero-order valence-corrected chi connectivity index (χ0v) is 33.3. The highest BCUT2D eigenvalue weighted by Gasteiger charge is 2.46. The molecular formula is C45H48N8O5. The van der Waals surface area contributed by atoms with Gasteiger partial charge in [-0.05, 0) is 118 Å². The molecule has 0 spiro atoms. The van der Waals surface area contributed by atoms with Gasteiger partial charge >= 0.3 is 0 Å². The average Bonchev–Trinajstić information content (AvgIpc) is 3.49. The second kappa shape index (κ2) is 14.7. The number of benzene rings is 3. The molecular weight excluding hydrogens is 733 g/mol. The molecule has 3 fully saturated rings. The smallest absolute Gasteiger partial charge is 0.264 e. The standard InChI is InChI=1S/C45H48N8O5/c1-27-21-33-37(49(3)43(27)56)23-31(24-38(33)52-20-19-48(2)34-8-7-29(25-46)22-39(34)52)30-13-15-50(16-14-30)26-28-11-17-51(18-12-28)35-6-4-5-32-41(35)45(58)53(44(32)57)36-9-10-40(54)47-42(36)55/h4-8,21-24,28,30,36H,9-20,26H2,1-3H3,(H,47,54,55). The Bertz CT molecular complexity index is 2490. The summed E-state index contributed by atoms with van der Waals surface area (Å²) in [5, 5.41) is 13.1. The Morgan fingerprint density at radius 2 is 1.55 bits per heavy atom. The number of likely N-dealkylation sites (N-methyl/N-ethyl adjacent to an activating group) is 1. The van der Waals surface area contributed by atoms with Crippen molar-refractivity contribution >= 4 is 57.3 Å². The number of amides is 4. The minimum atomic E-state index is -0.984. The molecule has 1 aromatic heterocycles. The lowest BCUT2D eigenvalue weighted by Gasteiger charge is -2.39. The van der Waals surface area contributed by atoms with Crippen LogP contribution in [0.1, 0.15) is 81.8 Å². The lowest BCUT2D eigenvalue weighted by Crippen LogP contribution is -2.54. The summed E-state index contributed by atoms with van der Waals surface area (Å²) in [7, 11) is 3.95. The van der Waals surface area contributed by atoms with Crippen molar-refractivity contribution in [2.24, 2.45) is 13.0 Å². The van der Waals surface area contributed by atoms with Crippen LogP contribution in [0, 0.1) is 24.2 Å². The van der Waals surface area contributed by atoms with Crippen LogP contribution in [0.5, 0.6) is 0 Å². The average molecular weight is 781 g/mol. The summed E-state index contributed by atoms with van der Waals surface area (Å²) < 4.78 is 1.79. The van der Waals surface area contributed by atoms with Crippen molar-refractivity contribution in [2.45, 2.75) is 57.4 Å². The van der Waals surface area contributed by atoms with Gasteiger partial charge in [-0.25, -0.2) is 0 Å². The van der Waals surface area contributed by atoms with Crippen LogP contribution < -0.4 is 25.6 Å². The molecule has 5 aliphatic heterocycles. The first-order valence-electron chi connectivity index (χ1n) is 20.5. The van der Waals surface area contributed by atoms with E-state index in [1.54, 1.807) is 16.7 Å². The number of anilines is 4. The number of hydrogen-bond acceptors (Lipinski definition) is 10. The molecule has 6 heterocycles. The fraction of sp³-hybridized carbons (Fsp3) is 0.422. The van der Waals surface area contributed by atoms with Crippen LogP contribution in [-0.4, -0.2) is 96.9 Å². The van der Waals surface area contributed by atoms with Gasteiger partial charge in [-0.2, -0.15) is 5.26 Å². The maximum absolute atomic E-state index is 13.7. The van der Waals surface area contributed by atoms with Gasteiger partial charge in [-0.15, -0.1) is 0 Å². The quantitative estimate of drug-likeness (QED) is 0.271. The summed E-state index contributed by atoms with van der Waals surface area (Å²) in [6, 6.07) is 19.1. The summed E-state index contributed by atoms with van der Waals surface area (Å²) in [4.78, 5) is 75.1. The number of pyridine rings is 1. The number of aryl methyl sites for hydroxylation is 2. The Kier molecular flexibility index (Phi) is 9.55. The summed E-state index contributed by atoms with van der Waals surface area (Å²) in [5.41, 5.74) is 8.06. The maximum Gasteiger partial charge on any atom is 0.264 e. The van der Waals surface area contributed by atoms with Gasteiger partial charge < -0.3 is 24.2 Å². The van der Waals surface area contributed by atoms with Crippen LogP contribution >= 0.6 is 0 Å². The molecule has 1 atom stereocenters. The first kappa shape index (κ1) is 37.6. The van der Waals surface area contributed by atoms with E-state index in [0.29, 0.717) is 34.1 Å². The molecule has 1 N–H and O–H groups in total. The molecule has 3 saturated heterocycles. The van der Waals surface area contributed by atoms with Crippen molar-refractivity contribution in [3.63, 3.8) is 0 Å². The Morgan fingerprint density at radius 1 is 0.776 bits per heavy atom. The highest BCUT2D eigenvalue weighted by atomic mass is 16.2. The highest BCUT2D eigenvalue weighted by Crippen LogP contribution is 2.43. The molecule has 0 aliphatic carbocycles. The number of rotatable bonds is 6.